The molecule has 0 saturated heterocycles. The van der Waals surface area contributed by atoms with Crippen molar-refractivity contribution in [3.8, 4) is 0 Å². The zero-order valence-corrected chi connectivity index (χ0v) is 18.6. The van der Waals surface area contributed by atoms with Gasteiger partial charge in [0.05, 0.1) is 11.3 Å². The first-order valence-corrected chi connectivity index (χ1v) is 10.3. The van der Waals surface area contributed by atoms with Crippen molar-refractivity contribution < 1.29 is 4.79 Å². The van der Waals surface area contributed by atoms with Crippen molar-refractivity contribution in [1.82, 2.24) is 15.2 Å². The van der Waals surface area contributed by atoms with Gasteiger partial charge in [-0.05, 0) is 56.1 Å². The van der Waals surface area contributed by atoms with Crippen LogP contribution in [-0.4, -0.2) is 43.0 Å². The summed E-state index contributed by atoms with van der Waals surface area (Å²) in [5, 5.41) is 4.99. The number of carbonyl (C=O) groups excluding carboxylic acids is 1. The van der Waals surface area contributed by atoms with Gasteiger partial charge in [0.1, 0.15) is 0 Å². The number of hydrogen-bond acceptors (Lipinski definition) is 2. The van der Waals surface area contributed by atoms with Gasteiger partial charge in [0.15, 0.2) is 0 Å². The fraction of sp³-hybridized carbons (Fsp3) is 0.190. The normalized spacial score (nSPS) is 11.6. The fourth-order valence-corrected chi connectivity index (χ4v) is 3.80. The summed E-state index contributed by atoms with van der Waals surface area (Å²) in [5.74, 6) is -0.112. The molecule has 7 heteroatoms. The standard InChI is InChI=1S/C21H20BrCl2N3O/c1-27(2)8-7-25-21(28)20-17-5-4-14(22)11-19(17)26-18(20)6-3-13-9-15(23)12-16(24)10-13/h3-6,9-12,26H,7-8H2,1-2H3,(H,25,28)/b6-3+. The van der Waals surface area contributed by atoms with Crippen molar-refractivity contribution in [2.45, 2.75) is 0 Å². The third kappa shape index (κ3) is 5.17. The van der Waals surface area contributed by atoms with E-state index in [-0.39, 0.29) is 5.91 Å². The van der Waals surface area contributed by atoms with Crippen LogP contribution in [0.4, 0.5) is 0 Å². The van der Waals surface area contributed by atoms with E-state index in [9.17, 15) is 4.79 Å². The number of halogens is 3. The molecule has 146 valence electrons. The number of fused-ring (bicyclic) bond motifs is 1. The van der Waals surface area contributed by atoms with E-state index < -0.39 is 0 Å². The predicted octanol–water partition coefficient (Wildman–Crippen LogP) is 5.70. The first-order chi connectivity index (χ1) is 13.3. The second kappa shape index (κ2) is 9.14. The molecule has 0 radical (unpaired) electrons. The molecular formula is C21H20BrCl2N3O. The summed E-state index contributed by atoms with van der Waals surface area (Å²) in [5.41, 5.74) is 3.09. The van der Waals surface area contributed by atoms with E-state index in [2.05, 4.69) is 26.2 Å². The van der Waals surface area contributed by atoms with Gasteiger partial charge in [-0.2, -0.15) is 0 Å². The molecule has 3 aromatic rings. The van der Waals surface area contributed by atoms with Crippen molar-refractivity contribution in [2.24, 2.45) is 0 Å². The maximum atomic E-state index is 12.9. The van der Waals surface area contributed by atoms with Crippen LogP contribution in [0.15, 0.2) is 40.9 Å². The molecular weight excluding hydrogens is 461 g/mol. The number of nitrogens with one attached hydrogen (secondary N) is 2. The number of H-pyrrole nitrogens is 1. The van der Waals surface area contributed by atoms with E-state index in [1.165, 1.54) is 0 Å². The van der Waals surface area contributed by atoms with E-state index in [1.807, 2.05) is 61.5 Å². The Bertz CT molecular complexity index is 1020. The van der Waals surface area contributed by atoms with Crippen LogP contribution >= 0.6 is 39.1 Å². The highest BCUT2D eigenvalue weighted by molar-refractivity contribution is 9.10. The Morgan fingerprint density at radius 3 is 2.54 bits per heavy atom. The van der Waals surface area contributed by atoms with Crippen molar-refractivity contribution in [1.29, 1.82) is 0 Å². The number of aromatic amines is 1. The number of nitrogens with zero attached hydrogens (tertiary/aromatic N) is 1. The van der Waals surface area contributed by atoms with Gasteiger partial charge in [-0.1, -0.05) is 51.3 Å². The summed E-state index contributed by atoms with van der Waals surface area (Å²) >= 11 is 15.6. The predicted molar refractivity (Wildman–Crippen MR) is 122 cm³/mol. The molecule has 2 N–H and O–H groups in total. The number of hydrogen-bond donors (Lipinski definition) is 2. The minimum Gasteiger partial charge on any atom is -0.354 e. The quantitative estimate of drug-likeness (QED) is 0.475. The molecule has 0 bridgehead atoms. The molecule has 2 aromatic carbocycles. The lowest BCUT2D eigenvalue weighted by atomic mass is 10.1. The number of benzene rings is 2. The smallest absolute Gasteiger partial charge is 0.254 e. The van der Waals surface area contributed by atoms with Crippen LogP contribution in [0.3, 0.4) is 0 Å². The summed E-state index contributed by atoms with van der Waals surface area (Å²) in [4.78, 5) is 18.2. The Hall–Kier alpha value is -1.79. The van der Waals surface area contributed by atoms with Crippen LogP contribution in [0.1, 0.15) is 21.6 Å². The maximum absolute atomic E-state index is 12.9. The molecule has 3 rings (SSSR count). The summed E-state index contributed by atoms with van der Waals surface area (Å²) in [6, 6.07) is 11.1. The topological polar surface area (TPSA) is 48.1 Å². The number of rotatable bonds is 6. The Balaban J connectivity index is 1.98. The van der Waals surface area contributed by atoms with Gasteiger partial charge in [0.2, 0.25) is 0 Å². The first-order valence-electron chi connectivity index (χ1n) is 8.72. The molecule has 1 aromatic heterocycles. The second-order valence-electron chi connectivity index (χ2n) is 6.70. The SMILES string of the molecule is CN(C)CCNC(=O)c1c(/C=C/c2cc(Cl)cc(Cl)c2)[nH]c2cc(Br)ccc12. The molecule has 0 spiro atoms. The number of likely N-dealkylation sites (N-methyl/N-ethyl adjacent to an activating group) is 1. The van der Waals surface area contributed by atoms with Gasteiger partial charge in [0, 0.05) is 38.5 Å². The molecule has 0 atom stereocenters. The highest BCUT2D eigenvalue weighted by Gasteiger charge is 2.17. The van der Waals surface area contributed by atoms with E-state index in [0.29, 0.717) is 22.2 Å². The van der Waals surface area contributed by atoms with Gasteiger partial charge < -0.3 is 15.2 Å². The van der Waals surface area contributed by atoms with Gasteiger partial charge in [0.25, 0.3) is 5.91 Å². The Kier molecular flexibility index (Phi) is 6.83. The lowest BCUT2D eigenvalue weighted by Crippen LogP contribution is -2.31. The molecule has 4 nitrogen and oxygen atoms in total. The molecule has 0 aliphatic rings. The summed E-state index contributed by atoms with van der Waals surface area (Å²) in [6.07, 6.45) is 3.75. The Morgan fingerprint density at radius 2 is 1.86 bits per heavy atom. The van der Waals surface area contributed by atoms with Crippen LogP contribution in [0.2, 0.25) is 10.0 Å². The molecule has 0 aliphatic heterocycles. The summed E-state index contributed by atoms with van der Waals surface area (Å²) in [6.45, 7) is 1.34. The van der Waals surface area contributed by atoms with Crippen LogP contribution in [-0.2, 0) is 0 Å². The zero-order chi connectivity index (χ0) is 20.3. The van der Waals surface area contributed by atoms with Crippen LogP contribution in [0.25, 0.3) is 23.1 Å². The average molecular weight is 481 g/mol. The van der Waals surface area contributed by atoms with Crippen LogP contribution in [0, 0.1) is 0 Å². The van der Waals surface area contributed by atoms with Gasteiger partial charge in [-0.3, -0.25) is 4.79 Å². The first kappa shape index (κ1) is 20.9. The highest BCUT2D eigenvalue weighted by atomic mass is 79.9. The van der Waals surface area contributed by atoms with Gasteiger partial charge in [-0.15, -0.1) is 0 Å². The number of carbonyl (C=O) groups is 1. The average Bonchev–Trinajstić information content (AvgIpc) is 2.96. The van der Waals surface area contributed by atoms with Crippen molar-refractivity contribution in [3.63, 3.8) is 0 Å². The summed E-state index contributed by atoms with van der Waals surface area (Å²) in [7, 11) is 3.94. The van der Waals surface area contributed by atoms with Crippen molar-refractivity contribution >= 4 is 68.1 Å². The number of amides is 1. The fourth-order valence-electron chi connectivity index (χ4n) is 2.89. The third-order valence-electron chi connectivity index (χ3n) is 4.19. The molecule has 0 aliphatic carbocycles. The van der Waals surface area contributed by atoms with E-state index in [4.69, 9.17) is 23.2 Å². The molecule has 0 unspecified atom stereocenters. The molecule has 1 amide bonds. The maximum Gasteiger partial charge on any atom is 0.254 e. The zero-order valence-electron chi connectivity index (χ0n) is 15.5. The van der Waals surface area contributed by atoms with Crippen LogP contribution < -0.4 is 5.32 Å². The van der Waals surface area contributed by atoms with E-state index >= 15 is 0 Å². The Morgan fingerprint density at radius 1 is 1.14 bits per heavy atom. The van der Waals surface area contributed by atoms with Crippen molar-refractivity contribution in [2.75, 3.05) is 27.2 Å². The lowest BCUT2D eigenvalue weighted by Gasteiger charge is -2.10. The molecule has 28 heavy (non-hydrogen) atoms. The largest absolute Gasteiger partial charge is 0.354 e. The van der Waals surface area contributed by atoms with Crippen molar-refractivity contribution in [3.05, 3.63) is 67.7 Å². The molecule has 0 fully saturated rings. The van der Waals surface area contributed by atoms with Gasteiger partial charge >= 0.3 is 0 Å². The lowest BCUT2D eigenvalue weighted by molar-refractivity contribution is 0.0952. The highest BCUT2D eigenvalue weighted by Crippen LogP contribution is 2.27. The monoisotopic (exact) mass is 479 g/mol. The van der Waals surface area contributed by atoms with E-state index in [0.717, 1.165) is 33.2 Å². The number of aromatic nitrogens is 1. The van der Waals surface area contributed by atoms with Gasteiger partial charge in [-0.25, -0.2) is 0 Å². The molecule has 0 saturated carbocycles. The molecule has 1 heterocycles. The van der Waals surface area contributed by atoms with E-state index in [1.54, 1.807) is 6.07 Å². The summed E-state index contributed by atoms with van der Waals surface area (Å²) < 4.78 is 0.943. The second-order valence-corrected chi connectivity index (χ2v) is 8.49. The minimum atomic E-state index is -0.112. The van der Waals surface area contributed by atoms with Crippen LogP contribution in [0.5, 0.6) is 0 Å². The Labute approximate surface area is 182 Å². The minimum absolute atomic E-state index is 0.112. The third-order valence-corrected chi connectivity index (χ3v) is 5.12.